The van der Waals surface area contributed by atoms with Crippen molar-refractivity contribution in [3.63, 3.8) is 0 Å². The smallest absolute Gasteiger partial charge is 0.268 e. The summed E-state index contributed by atoms with van der Waals surface area (Å²) in [6, 6.07) is 1.60. The Morgan fingerprint density at radius 1 is 1.29 bits per heavy atom. The van der Waals surface area contributed by atoms with E-state index in [0.717, 1.165) is 31.4 Å². The number of aliphatic hydroxyl groups is 1. The number of anilines is 1. The van der Waals surface area contributed by atoms with Crippen LogP contribution in [0.15, 0.2) is 17.1 Å². The fourth-order valence-corrected chi connectivity index (χ4v) is 1.56. The summed E-state index contributed by atoms with van der Waals surface area (Å²) in [5.41, 5.74) is 0.768. The average Bonchev–Trinajstić information content (AvgIpc) is 2.30. The first-order chi connectivity index (χ1) is 8.15. The Bertz CT molecular complexity index is 388. The van der Waals surface area contributed by atoms with E-state index in [0.29, 0.717) is 6.54 Å². The highest BCUT2D eigenvalue weighted by Gasteiger charge is 2.01. The molecule has 0 saturated carbocycles. The van der Waals surface area contributed by atoms with Crippen molar-refractivity contribution in [3.8, 4) is 0 Å². The first kappa shape index (κ1) is 13.7. The highest BCUT2D eigenvalue weighted by atomic mass is 16.2. The van der Waals surface area contributed by atoms with Crippen LogP contribution in [0, 0.1) is 0 Å². The number of hydrogen-bond acceptors (Lipinski definition) is 4. The maximum absolute atomic E-state index is 11.7. The van der Waals surface area contributed by atoms with Gasteiger partial charge in [-0.15, -0.1) is 0 Å². The summed E-state index contributed by atoms with van der Waals surface area (Å²) in [5.74, 6) is 0. The molecule has 0 atom stereocenters. The van der Waals surface area contributed by atoms with Crippen LogP contribution in [0.3, 0.4) is 0 Å². The standard InChI is InChI=1S/C12H21N3O2/c1-14(2)11-9-12(17)15(13-10-11)7-5-3-4-6-8-16/h9-10,16H,3-8H2,1-2H3. The van der Waals surface area contributed by atoms with Crippen molar-refractivity contribution in [1.29, 1.82) is 0 Å². The van der Waals surface area contributed by atoms with Gasteiger partial charge in [-0.25, -0.2) is 4.68 Å². The van der Waals surface area contributed by atoms with Crippen molar-refractivity contribution >= 4 is 5.69 Å². The summed E-state index contributed by atoms with van der Waals surface area (Å²) in [5, 5.41) is 12.8. The van der Waals surface area contributed by atoms with Gasteiger partial charge in [0.05, 0.1) is 11.9 Å². The Balaban J connectivity index is 2.47. The molecule has 0 aromatic carbocycles. The zero-order valence-corrected chi connectivity index (χ0v) is 10.6. The Hall–Kier alpha value is -1.36. The Morgan fingerprint density at radius 2 is 2.00 bits per heavy atom. The maximum atomic E-state index is 11.7. The molecule has 0 radical (unpaired) electrons. The topological polar surface area (TPSA) is 58.4 Å². The SMILES string of the molecule is CN(C)c1cnn(CCCCCCO)c(=O)c1. The van der Waals surface area contributed by atoms with Gasteiger partial charge in [0, 0.05) is 33.3 Å². The molecule has 17 heavy (non-hydrogen) atoms. The largest absolute Gasteiger partial charge is 0.396 e. The Morgan fingerprint density at radius 3 is 2.59 bits per heavy atom. The predicted molar refractivity (Wildman–Crippen MR) is 68.4 cm³/mol. The van der Waals surface area contributed by atoms with E-state index in [4.69, 9.17) is 5.11 Å². The first-order valence-corrected chi connectivity index (χ1v) is 6.00. The normalized spacial score (nSPS) is 10.5. The third-order valence-corrected chi connectivity index (χ3v) is 2.65. The van der Waals surface area contributed by atoms with E-state index in [1.807, 2.05) is 19.0 Å². The van der Waals surface area contributed by atoms with E-state index in [2.05, 4.69) is 5.10 Å². The highest BCUT2D eigenvalue weighted by Crippen LogP contribution is 2.04. The summed E-state index contributed by atoms with van der Waals surface area (Å²) in [4.78, 5) is 13.6. The minimum absolute atomic E-state index is 0.0571. The molecule has 0 fully saturated rings. The van der Waals surface area contributed by atoms with E-state index in [1.165, 1.54) is 4.68 Å². The summed E-state index contributed by atoms with van der Waals surface area (Å²) in [7, 11) is 3.77. The molecule has 0 aliphatic heterocycles. The van der Waals surface area contributed by atoms with Gasteiger partial charge in [0.15, 0.2) is 0 Å². The lowest BCUT2D eigenvalue weighted by molar-refractivity contribution is 0.282. The number of aryl methyl sites for hydroxylation is 1. The quantitative estimate of drug-likeness (QED) is 0.717. The van der Waals surface area contributed by atoms with Crippen molar-refractivity contribution in [3.05, 3.63) is 22.6 Å². The van der Waals surface area contributed by atoms with E-state index in [1.54, 1.807) is 12.3 Å². The van der Waals surface area contributed by atoms with Gasteiger partial charge in [-0.2, -0.15) is 5.10 Å². The number of nitrogens with zero attached hydrogens (tertiary/aromatic N) is 3. The molecule has 1 N–H and O–H groups in total. The molecular weight excluding hydrogens is 218 g/mol. The molecule has 0 aliphatic carbocycles. The highest BCUT2D eigenvalue weighted by molar-refractivity contribution is 5.40. The second-order valence-electron chi connectivity index (χ2n) is 4.31. The number of aromatic nitrogens is 2. The summed E-state index contributed by atoms with van der Waals surface area (Å²) in [6.07, 6.45) is 5.48. The van der Waals surface area contributed by atoms with Crippen LogP contribution in [0.25, 0.3) is 0 Å². The van der Waals surface area contributed by atoms with Gasteiger partial charge in [0.1, 0.15) is 0 Å². The second-order valence-corrected chi connectivity index (χ2v) is 4.31. The molecule has 0 aliphatic rings. The molecular formula is C12H21N3O2. The molecule has 1 aromatic rings. The lowest BCUT2D eigenvalue weighted by Crippen LogP contribution is -2.24. The van der Waals surface area contributed by atoms with Crippen molar-refractivity contribution in [2.75, 3.05) is 25.6 Å². The van der Waals surface area contributed by atoms with Gasteiger partial charge in [-0.1, -0.05) is 12.8 Å². The fourth-order valence-electron chi connectivity index (χ4n) is 1.56. The molecule has 1 rings (SSSR count). The third-order valence-electron chi connectivity index (χ3n) is 2.65. The van der Waals surface area contributed by atoms with Crippen molar-refractivity contribution in [2.24, 2.45) is 0 Å². The molecule has 0 saturated heterocycles. The van der Waals surface area contributed by atoms with Gasteiger partial charge in [0.2, 0.25) is 0 Å². The second kappa shape index (κ2) is 7.06. The summed E-state index contributed by atoms with van der Waals surface area (Å²) < 4.78 is 1.49. The lowest BCUT2D eigenvalue weighted by atomic mass is 10.2. The molecule has 0 amide bonds. The van der Waals surface area contributed by atoms with Crippen molar-refractivity contribution in [2.45, 2.75) is 32.2 Å². The Labute approximate surface area is 102 Å². The molecule has 5 heteroatoms. The van der Waals surface area contributed by atoms with Gasteiger partial charge < -0.3 is 10.0 Å². The molecule has 5 nitrogen and oxygen atoms in total. The predicted octanol–water partition coefficient (Wildman–Crippen LogP) is 0.862. The van der Waals surface area contributed by atoms with Gasteiger partial charge >= 0.3 is 0 Å². The zero-order valence-electron chi connectivity index (χ0n) is 10.6. The lowest BCUT2D eigenvalue weighted by Gasteiger charge is -2.12. The van der Waals surface area contributed by atoms with Crippen LogP contribution in [-0.4, -0.2) is 35.6 Å². The van der Waals surface area contributed by atoms with E-state index in [9.17, 15) is 4.79 Å². The van der Waals surface area contributed by atoms with Gasteiger partial charge in [-0.05, 0) is 12.8 Å². The van der Waals surface area contributed by atoms with Gasteiger partial charge in [0.25, 0.3) is 5.56 Å². The van der Waals surface area contributed by atoms with Crippen LogP contribution in [-0.2, 0) is 6.54 Å². The average molecular weight is 239 g/mol. The monoisotopic (exact) mass is 239 g/mol. The number of hydrogen-bond donors (Lipinski definition) is 1. The van der Waals surface area contributed by atoms with Crippen LogP contribution < -0.4 is 10.5 Å². The molecule has 1 aromatic heterocycles. The minimum Gasteiger partial charge on any atom is -0.396 e. The van der Waals surface area contributed by atoms with Crippen LogP contribution in [0.2, 0.25) is 0 Å². The fraction of sp³-hybridized carbons (Fsp3) is 0.667. The van der Waals surface area contributed by atoms with Crippen LogP contribution in [0.4, 0.5) is 5.69 Å². The van der Waals surface area contributed by atoms with E-state index < -0.39 is 0 Å². The zero-order chi connectivity index (χ0) is 12.7. The van der Waals surface area contributed by atoms with Crippen LogP contribution in [0.1, 0.15) is 25.7 Å². The van der Waals surface area contributed by atoms with Crippen LogP contribution in [0.5, 0.6) is 0 Å². The minimum atomic E-state index is -0.0571. The number of aliphatic hydroxyl groups excluding tert-OH is 1. The van der Waals surface area contributed by atoms with Gasteiger partial charge in [-0.3, -0.25) is 4.79 Å². The van der Waals surface area contributed by atoms with Crippen molar-refractivity contribution in [1.82, 2.24) is 9.78 Å². The van der Waals surface area contributed by atoms with Crippen molar-refractivity contribution < 1.29 is 5.11 Å². The first-order valence-electron chi connectivity index (χ1n) is 6.00. The molecule has 0 bridgehead atoms. The molecule has 1 heterocycles. The summed E-state index contributed by atoms with van der Waals surface area (Å²) >= 11 is 0. The van der Waals surface area contributed by atoms with Crippen LogP contribution >= 0.6 is 0 Å². The molecule has 0 spiro atoms. The number of unbranched alkanes of at least 4 members (excludes halogenated alkanes) is 3. The molecule has 0 unspecified atom stereocenters. The third kappa shape index (κ3) is 4.56. The number of rotatable bonds is 7. The maximum Gasteiger partial charge on any atom is 0.268 e. The molecule has 96 valence electrons. The van der Waals surface area contributed by atoms with E-state index >= 15 is 0 Å². The Kier molecular flexibility index (Phi) is 5.69. The van der Waals surface area contributed by atoms with E-state index in [-0.39, 0.29) is 12.2 Å². The summed E-state index contributed by atoms with van der Waals surface area (Å²) in [6.45, 7) is 0.897.